The number of esters is 2. The molecule has 0 amide bonds. The summed E-state index contributed by atoms with van der Waals surface area (Å²) in [7, 11) is 5.17. The maximum absolute atomic E-state index is 12.9. The molecule has 7 atom stereocenters. The first-order valence-electron chi connectivity index (χ1n) is 15.4. The molecule has 3 unspecified atom stereocenters. The highest BCUT2D eigenvalue weighted by molar-refractivity contribution is 7.99. The lowest BCUT2D eigenvalue weighted by Crippen LogP contribution is -2.69. The Morgan fingerprint density at radius 3 is 2.60 bits per heavy atom. The number of carbonyl (C=O) groups is 2. The maximum Gasteiger partial charge on any atom is 0.335 e. The number of cyclic esters (lactones) is 1. The maximum atomic E-state index is 12.9. The second-order valence-electron chi connectivity index (χ2n) is 12.4. The first-order chi connectivity index (χ1) is 22.6. The minimum atomic E-state index is -1.38. The van der Waals surface area contributed by atoms with Gasteiger partial charge < -0.3 is 38.3 Å². The summed E-state index contributed by atoms with van der Waals surface area (Å²) in [6.45, 7) is 4.90. The molecule has 0 aromatic heterocycles. The molecule has 0 saturated carbocycles. The van der Waals surface area contributed by atoms with Gasteiger partial charge >= 0.3 is 11.9 Å². The number of nitrogens with zero attached hydrogens (tertiary/aromatic N) is 3. The van der Waals surface area contributed by atoms with Crippen LogP contribution in [0, 0.1) is 25.2 Å². The molecule has 7 rings (SSSR count). The van der Waals surface area contributed by atoms with E-state index in [1.54, 1.807) is 14.2 Å². The zero-order valence-electron chi connectivity index (χ0n) is 27.0. The monoisotopic (exact) mass is 667 g/mol. The number of piperazine rings is 1. The summed E-state index contributed by atoms with van der Waals surface area (Å²) < 4.78 is 41.3. The minimum Gasteiger partial charge on any atom is -0.493 e. The molecule has 2 aromatic rings. The van der Waals surface area contributed by atoms with Crippen molar-refractivity contribution in [3.8, 4) is 34.8 Å². The van der Waals surface area contributed by atoms with Gasteiger partial charge in [-0.25, -0.2) is 4.79 Å². The number of aliphatic hydroxyl groups excluding tert-OH is 1. The van der Waals surface area contributed by atoms with Gasteiger partial charge in [0.25, 0.3) is 0 Å². The molecule has 2 saturated heterocycles. The van der Waals surface area contributed by atoms with Crippen LogP contribution in [0.2, 0.25) is 0 Å². The number of benzene rings is 2. The number of likely N-dealkylation sites (N-methyl/N-ethyl adjacent to an activating group) is 1. The number of carbonyl (C=O) groups excluding carboxylic acids is 2. The molecule has 0 radical (unpaired) electrons. The van der Waals surface area contributed by atoms with Crippen LogP contribution in [0.5, 0.6) is 28.7 Å². The third-order valence-corrected chi connectivity index (χ3v) is 11.3. The highest BCUT2D eigenvalue weighted by atomic mass is 32.2. The summed E-state index contributed by atoms with van der Waals surface area (Å²) in [6.07, 6.45) is -0.829. The molecule has 250 valence electrons. The van der Waals surface area contributed by atoms with Crippen molar-refractivity contribution < 1.29 is 47.9 Å². The first-order valence-corrected chi connectivity index (χ1v) is 16.5. The van der Waals surface area contributed by atoms with E-state index in [2.05, 4.69) is 21.9 Å². The Morgan fingerprint density at radius 1 is 1.13 bits per heavy atom. The van der Waals surface area contributed by atoms with Crippen molar-refractivity contribution in [2.45, 2.75) is 68.8 Å². The van der Waals surface area contributed by atoms with E-state index >= 15 is 0 Å². The average Bonchev–Trinajstić information content (AvgIpc) is 3.53. The van der Waals surface area contributed by atoms with E-state index in [1.807, 2.05) is 20.9 Å². The van der Waals surface area contributed by atoms with Crippen molar-refractivity contribution in [3.05, 3.63) is 39.4 Å². The van der Waals surface area contributed by atoms with Gasteiger partial charge in [-0.15, -0.1) is 11.8 Å². The summed E-state index contributed by atoms with van der Waals surface area (Å²) in [5.74, 6) is 1.15. The lowest BCUT2D eigenvalue weighted by Gasteiger charge is -2.61. The van der Waals surface area contributed by atoms with E-state index < -0.39 is 41.4 Å². The van der Waals surface area contributed by atoms with Crippen LogP contribution < -0.4 is 23.7 Å². The number of fused-ring (bicyclic) bond motifs is 9. The number of hydrogen-bond acceptors (Lipinski definition) is 14. The van der Waals surface area contributed by atoms with Crippen molar-refractivity contribution >= 4 is 23.7 Å². The quantitative estimate of drug-likeness (QED) is 0.283. The second kappa shape index (κ2) is 12.1. The number of thioether (sulfide) groups is 1. The van der Waals surface area contributed by atoms with Gasteiger partial charge in [0, 0.05) is 54.1 Å². The summed E-state index contributed by atoms with van der Waals surface area (Å²) in [5.41, 5.74) is 4.78. The van der Waals surface area contributed by atoms with E-state index in [-0.39, 0.29) is 38.0 Å². The highest BCUT2D eigenvalue weighted by Crippen LogP contribution is 2.64. The van der Waals surface area contributed by atoms with Gasteiger partial charge in [0.2, 0.25) is 6.79 Å². The van der Waals surface area contributed by atoms with Crippen molar-refractivity contribution in [2.24, 2.45) is 0 Å². The average molecular weight is 668 g/mol. The Labute approximate surface area is 276 Å². The summed E-state index contributed by atoms with van der Waals surface area (Å²) in [5, 5.41) is 21.3. The van der Waals surface area contributed by atoms with Crippen molar-refractivity contribution in [3.63, 3.8) is 0 Å². The zero-order chi connectivity index (χ0) is 33.3. The van der Waals surface area contributed by atoms with E-state index in [9.17, 15) is 20.0 Å². The smallest absolute Gasteiger partial charge is 0.335 e. The largest absolute Gasteiger partial charge is 0.493 e. The fraction of sp³-hybridized carbons (Fsp3) is 0.545. The van der Waals surface area contributed by atoms with E-state index in [0.29, 0.717) is 51.9 Å². The molecule has 2 fully saturated rings. The Bertz CT molecular complexity index is 1690. The number of nitriles is 1. The molecule has 5 aliphatic heterocycles. The fourth-order valence-corrected chi connectivity index (χ4v) is 9.61. The van der Waals surface area contributed by atoms with Gasteiger partial charge in [-0.2, -0.15) is 5.26 Å². The SMILES string of the molecule is COCOc1c(OC)c(C)cc2c1[C@H]1C3[C@@H]4SCC(O)C(=O)OC[C@@H](c5c6c(c(C)c(OC(C)=O)c54)OCO6)N3[C@@H](C#N)C(C2)N1C. The number of rotatable bonds is 5. The lowest BCUT2D eigenvalue weighted by molar-refractivity contribution is -0.157. The van der Waals surface area contributed by atoms with Gasteiger partial charge in [0.05, 0.1) is 30.5 Å². The molecule has 47 heavy (non-hydrogen) atoms. The number of hydrogen-bond donors (Lipinski definition) is 1. The molecular formula is C33H37N3O10S. The van der Waals surface area contributed by atoms with Crippen LogP contribution in [-0.4, -0.2) is 98.3 Å². The Morgan fingerprint density at radius 2 is 1.89 bits per heavy atom. The standard InChI is InChI=1S/C33H37N3O10S/c1-14-7-17-8-18-19(9-34)36-20-10-42-33(39)21(38)11-47-32(24-23(20)31-29(44-13-45-31)15(2)28(24)46-16(3)37)26(36)25(35(18)4)22(17)30(27(14)41-6)43-12-40-5/h7,18-21,25-26,32,38H,8,10-13H2,1-6H3/t18?,19-,20-,21?,25-,26?,32+/m0/s1. The molecule has 0 aliphatic carbocycles. The molecule has 14 heteroatoms. The van der Waals surface area contributed by atoms with Gasteiger partial charge in [-0.3, -0.25) is 14.6 Å². The molecule has 0 spiro atoms. The fourth-order valence-electron chi connectivity index (χ4n) is 8.20. The normalized spacial score (nSPS) is 29.1. The lowest BCUT2D eigenvalue weighted by atomic mass is 9.71. The van der Waals surface area contributed by atoms with Crippen molar-refractivity contribution in [1.29, 1.82) is 5.26 Å². The van der Waals surface area contributed by atoms with E-state index in [0.717, 1.165) is 16.7 Å². The molecular weight excluding hydrogens is 630 g/mol. The van der Waals surface area contributed by atoms with E-state index in [4.69, 9.17) is 33.2 Å². The third kappa shape index (κ3) is 4.74. The molecule has 5 heterocycles. The van der Waals surface area contributed by atoms with Crippen LogP contribution in [0.1, 0.15) is 57.6 Å². The topological polar surface area (TPSA) is 149 Å². The molecule has 4 bridgehead atoms. The predicted molar refractivity (Wildman–Crippen MR) is 167 cm³/mol. The Kier molecular flexibility index (Phi) is 8.16. The van der Waals surface area contributed by atoms with Crippen LogP contribution in [0.25, 0.3) is 0 Å². The summed E-state index contributed by atoms with van der Waals surface area (Å²) in [6, 6.07) is 2.30. The van der Waals surface area contributed by atoms with Gasteiger partial charge in [0.15, 0.2) is 35.9 Å². The number of methoxy groups -OCH3 is 2. The number of ether oxygens (including phenoxy) is 7. The van der Waals surface area contributed by atoms with Gasteiger partial charge in [-0.1, -0.05) is 6.07 Å². The van der Waals surface area contributed by atoms with Gasteiger partial charge in [0.1, 0.15) is 18.4 Å². The zero-order valence-corrected chi connectivity index (χ0v) is 27.8. The third-order valence-electron chi connectivity index (χ3n) is 9.94. The van der Waals surface area contributed by atoms with Crippen molar-refractivity contribution in [1.82, 2.24) is 9.80 Å². The number of aliphatic hydroxyl groups is 1. The van der Waals surface area contributed by atoms with Crippen LogP contribution in [0.15, 0.2) is 6.07 Å². The predicted octanol–water partition coefficient (Wildman–Crippen LogP) is 2.87. The molecule has 1 N–H and O–H groups in total. The molecule has 2 aromatic carbocycles. The molecule has 13 nitrogen and oxygen atoms in total. The van der Waals surface area contributed by atoms with Crippen LogP contribution >= 0.6 is 11.8 Å². The Balaban J connectivity index is 1.56. The van der Waals surface area contributed by atoms with E-state index in [1.165, 1.54) is 18.7 Å². The summed E-state index contributed by atoms with van der Waals surface area (Å²) >= 11 is 1.35. The second-order valence-corrected chi connectivity index (χ2v) is 13.6. The molecule has 5 aliphatic rings. The van der Waals surface area contributed by atoms with Crippen LogP contribution in [-0.2, 0) is 25.5 Å². The minimum absolute atomic E-state index is 0.000855. The van der Waals surface area contributed by atoms with Crippen LogP contribution in [0.3, 0.4) is 0 Å². The van der Waals surface area contributed by atoms with Crippen molar-refractivity contribution in [2.75, 3.05) is 47.2 Å². The Hall–Kier alpha value is -3.74. The number of aryl methyl sites for hydroxylation is 1. The van der Waals surface area contributed by atoms with Gasteiger partial charge in [-0.05, 0) is 38.4 Å². The van der Waals surface area contributed by atoms with Crippen LogP contribution in [0.4, 0.5) is 0 Å². The summed E-state index contributed by atoms with van der Waals surface area (Å²) in [4.78, 5) is 29.9. The first kappa shape index (κ1) is 31.8. The highest BCUT2D eigenvalue weighted by Gasteiger charge is 2.60.